The van der Waals surface area contributed by atoms with Crippen molar-refractivity contribution in [3.8, 4) is 0 Å². The summed E-state index contributed by atoms with van der Waals surface area (Å²) in [5.74, 6) is -0.488. The lowest BCUT2D eigenvalue weighted by Crippen LogP contribution is -2.48. The second-order valence-corrected chi connectivity index (χ2v) is 5.01. The number of halogens is 1. The molecule has 2 atom stereocenters. The van der Waals surface area contributed by atoms with E-state index >= 15 is 0 Å². The lowest BCUT2D eigenvalue weighted by atomic mass is 10.2. The summed E-state index contributed by atoms with van der Waals surface area (Å²) in [6.07, 6.45) is 0.261. The quantitative estimate of drug-likeness (QED) is 0.908. The van der Waals surface area contributed by atoms with Gasteiger partial charge in [-0.3, -0.25) is 9.69 Å². The number of carbonyl (C=O) groups is 1. The maximum Gasteiger partial charge on any atom is 0.238 e. The van der Waals surface area contributed by atoms with Gasteiger partial charge in [0, 0.05) is 18.8 Å². The standard InChI is InChI=1S/C14H19FN2O2/c1-10-7-17(8-11(2)19-10)9-14(18)16-13-5-3-4-12(15)6-13/h3-6,10-11H,7-9H2,1-2H3,(H,16,18). The molecule has 1 aliphatic rings. The zero-order chi connectivity index (χ0) is 13.8. The number of hydrogen-bond donors (Lipinski definition) is 1. The van der Waals surface area contributed by atoms with E-state index in [0.29, 0.717) is 12.2 Å². The number of amides is 1. The third kappa shape index (κ3) is 4.29. The van der Waals surface area contributed by atoms with E-state index < -0.39 is 0 Å². The molecule has 0 spiro atoms. The van der Waals surface area contributed by atoms with E-state index in [9.17, 15) is 9.18 Å². The molecule has 1 aromatic rings. The van der Waals surface area contributed by atoms with Crippen LogP contribution in [-0.2, 0) is 9.53 Å². The molecular formula is C14H19FN2O2. The number of hydrogen-bond acceptors (Lipinski definition) is 3. The Balaban J connectivity index is 1.87. The number of morpholine rings is 1. The van der Waals surface area contributed by atoms with Crippen LogP contribution in [-0.4, -0.2) is 42.6 Å². The molecule has 0 radical (unpaired) electrons. The molecular weight excluding hydrogens is 247 g/mol. The zero-order valence-corrected chi connectivity index (χ0v) is 11.2. The highest BCUT2D eigenvalue weighted by atomic mass is 19.1. The van der Waals surface area contributed by atoms with Crippen molar-refractivity contribution in [2.45, 2.75) is 26.1 Å². The molecule has 0 aliphatic carbocycles. The van der Waals surface area contributed by atoms with E-state index in [-0.39, 0.29) is 23.9 Å². The van der Waals surface area contributed by atoms with Crippen molar-refractivity contribution < 1.29 is 13.9 Å². The number of carbonyl (C=O) groups excluding carboxylic acids is 1. The minimum absolute atomic E-state index is 0.130. The highest BCUT2D eigenvalue weighted by Crippen LogP contribution is 2.12. The predicted octanol–water partition coefficient (Wildman–Crippen LogP) is 1.87. The molecule has 4 nitrogen and oxygen atoms in total. The van der Waals surface area contributed by atoms with Crippen molar-refractivity contribution in [1.29, 1.82) is 0 Å². The van der Waals surface area contributed by atoms with Crippen LogP contribution in [0.25, 0.3) is 0 Å². The molecule has 0 aromatic heterocycles. The van der Waals surface area contributed by atoms with Gasteiger partial charge in [-0.25, -0.2) is 4.39 Å². The van der Waals surface area contributed by atoms with Crippen LogP contribution in [0.1, 0.15) is 13.8 Å². The minimum atomic E-state index is -0.355. The molecule has 1 aromatic carbocycles. The molecule has 1 fully saturated rings. The van der Waals surface area contributed by atoms with Crippen LogP contribution in [0, 0.1) is 5.82 Å². The van der Waals surface area contributed by atoms with Crippen LogP contribution in [0.4, 0.5) is 10.1 Å². The van der Waals surface area contributed by atoms with Gasteiger partial charge in [0.2, 0.25) is 5.91 Å². The van der Waals surface area contributed by atoms with Crippen LogP contribution < -0.4 is 5.32 Å². The molecule has 2 rings (SSSR count). The van der Waals surface area contributed by atoms with E-state index in [0.717, 1.165) is 13.1 Å². The van der Waals surface area contributed by atoms with E-state index in [1.165, 1.54) is 12.1 Å². The van der Waals surface area contributed by atoms with Gasteiger partial charge in [0.1, 0.15) is 5.82 Å². The molecule has 1 N–H and O–H groups in total. The smallest absolute Gasteiger partial charge is 0.238 e. The SMILES string of the molecule is CC1CN(CC(=O)Nc2cccc(F)c2)CC(C)O1. The third-order valence-electron chi connectivity index (χ3n) is 2.97. The summed E-state index contributed by atoms with van der Waals surface area (Å²) >= 11 is 0. The highest BCUT2D eigenvalue weighted by molar-refractivity contribution is 5.92. The van der Waals surface area contributed by atoms with Gasteiger partial charge in [0.15, 0.2) is 0 Å². The summed E-state index contributed by atoms with van der Waals surface area (Å²) in [4.78, 5) is 13.9. The largest absolute Gasteiger partial charge is 0.373 e. The first-order valence-corrected chi connectivity index (χ1v) is 6.46. The molecule has 1 amide bonds. The lowest BCUT2D eigenvalue weighted by molar-refractivity contribution is -0.121. The summed E-state index contributed by atoms with van der Waals surface area (Å²) in [7, 11) is 0. The van der Waals surface area contributed by atoms with Crippen molar-refractivity contribution in [2.75, 3.05) is 25.0 Å². The molecule has 1 saturated heterocycles. The summed E-state index contributed by atoms with van der Waals surface area (Å²) in [5, 5.41) is 2.70. The fraction of sp³-hybridized carbons (Fsp3) is 0.500. The van der Waals surface area contributed by atoms with Crippen LogP contribution in [0.15, 0.2) is 24.3 Å². The molecule has 1 heterocycles. The zero-order valence-electron chi connectivity index (χ0n) is 11.2. The Hall–Kier alpha value is -1.46. The summed E-state index contributed by atoms with van der Waals surface area (Å²) in [5.41, 5.74) is 0.486. The number of benzene rings is 1. The number of nitrogens with one attached hydrogen (secondary N) is 1. The Kier molecular flexibility index (Phi) is 4.50. The topological polar surface area (TPSA) is 41.6 Å². The normalized spacial score (nSPS) is 24.2. The molecule has 104 valence electrons. The summed E-state index contributed by atoms with van der Waals surface area (Å²) in [6.45, 7) is 5.76. The number of anilines is 1. The first-order chi connectivity index (χ1) is 9.02. The highest BCUT2D eigenvalue weighted by Gasteiger charge is 2.23. The fourth-order valence-electron chi connectivity index (χ4n) is 2.38. The van der Waals surface area contributed by atoms with Crippen LogP contribution >= 0.6 is 0 Å². The van der Waals surface area contributed by atoms with Crippen molar-refractivity contribution in [2.24, 2.45) is 0 Å². The van der Waals surface area contributed by atoms with Gasteiger partial charge < -0.3 is 10.1 Å². The average Bonchev–Trinajstić information content (AvgIpc) is 2.26. The van der Waals surface area contributed by atoms with Crippen molar-refractivity contribution in [3.05, 3.63) is 30.1 Å². The summed E-state index contributed by atoms with van der Waals surface area (Å²) in [6, 6.07) is 5.90. The Morgan fingerprint density at radius 1 is 1.42 bits per heavy atom. The second-order valence-electron chi connectivity index (χ2n) is 5.01. The van der Waals surface area contributed by atoms with E-state index in [1.54, 1.807) is 12.1 Å². The van der Waals surface area contributed by atoms with Gasteiger partial charge in [0.25, 0.3) is 0 Å². The van der Waals surface area contributed by atoms with Gasteiger partial charge in [-0.1, -0.05) is 6.07 Å². The molecule has 0 bridgehead atoms. The minimum Gasteiger partial charge on any atom is -0.373 e. The third-order valence-corrected chi connectivity index (χ3v) is 2.97. The van der Waals surface area contributed by atoms with E-state index in [4.69, 9.17) is 4.74 Å². The van der Waals surface area contributed by atoms with Crippen LogP contribution in [0.3, 0.4) is 0 Å². The van der Waals surface area contributed by atoms with Crippen LogP contribution in [0.2, 0.25) is 0 Å². The molecule has 5 heteroatoms. The lowest BCUT2D eigenvalue weighted by Gasteiger charge is -2.34. The summed E-state index contributed by atoms with van der Waals surface area (Å²) < 4.78 is 18.6. The van der Waals surface area contributed by atoms with Crippen molar-refractivity contribution in [1.82, 2.24) is 4.90 Å². The monoisotopic (exact) mass is 266 g/mol. The maximum atomic E-state index is 13.0. The Morgan fingerprint density at radius 3 is 2.74 bits per heavy atom. The van der Waals surface area contributed by atoms with E-state index in [2.05, 4.69) is 5.32 Å². The van der Waals surface area contributed by atoms with Gasteiger partial charge in [-0.05, 0) is 32.0 Å². The fourth-order valence-corrected chi connectivity index (χ4v) is 2.38. The Morgan fingerprint density at radius 2 is 2.11 bits per heavy atom. The van der Waals surface area contributed by atoms with Crippen molar-refractivity contribution in [3.63, 3.8) is 0 Å². The first-order valence-electron chi connectivity index (χ1n) is 6.46. The average molecular weight is 266 g/mol. The number of rotatable bonds is 3. The molecule has 2 unspecified atom stereocenters. The van der Waals surface area contributed by atoms with Crippen LogP contribution in [0.5, 0.6) is 0 Å². The molecule has 0 saturated carbocycles. The predicted molar refractivity (Wildman–Crippen MR) is 71.5 cm³/mol. The second kappa shape index (κ2) is 6.12. The van der Waals surface area contributed by atoms with Gasteiger partial charge in [-0.15, -0.1) is 0 Å². The van der Waals surface area contributed by atoms with Gasteiger partial charge >= 0.3 is 0 Å². The van der Waals surface area contributed by atoms with Gasteiger partial charge in [-0.2, -0.15) is 0 Å². The number of nitrogens with zero attached hydrogens (tertiary/aromatic N) is 1. The van der Waals surface area contributed by atoms with Gasteiger partial charge in [0.05, 0.1) is 18.8 Å². The molecule has 1 aliphatic heterocycles. The maximum absolute atomic E-state index is 13.0. The molecule has 19 heavy (non-hydrogen) atoms. The van der Waals surface area contributed by atoms with Crippen molar-refractivity contribution >= 4 is 11.6 Å². The Labute approximate surface area is 112 Å². The first kappa shape index (κ1) is 14.0. The number of ether oxygens (including phenoxy) is 1. The van der Waals surface area contributed by atoms with E-state index in [1.807, 2.05) is 18.7 Å². The Bertz CT molecular complexity index is 443.